The Morgan fingerprint density at radius 3 is 2.80 bits per heavy atom. The summed E-state index contributed by atoms with van der Waals surface area (Å²) in [5, 5.41) is 12.4. The molecule has 0 heterocycles. The summed E-state index contributed by atoms with van der Waals surface area (Å²) in [6.07, 6.45) is 1.69. The van der Waals surface area contributed by atoms with Crippen LogP contribution in [0.25, 0.3) is 0 Å². The van der Waals surface area contributed by atoms with E-state index in [0.29, 0.717) is 0 Å². The summed E-state index contributed by atoms with van der Waals surface area (Å²) in [5.41, 5.74) is 2.69. The molecule has 1 aromatic carbocycles. The first-order chi connectivity index (χ1) is 7.18. The van der Waals surface area contributed by atoms with Gasteiger partial charge in [-0.1, -0.05) is 29.8 Å². The number of aryl methyl sites for hydroxylation is 1. The molecule has 0 aliphatic heterocycles. The highest BCUT2D eigenvalue weighted by atomic mass is 16.3. The van der Waals surface area contributed by atoms with E-state index in [2.05, 4.69) is 36.5 Å². The van der Waals surface area contributed by atoms with Gasteiger partial charge in [-0.15, -0.1) is 0 Å². The molecule has 0 aliphatic carbocycles. The van der Waals surface area contributed by atoms with Crippen molar-refractivity contribution >= 4 is 0 Å². The van der Waals surface area contributed by atoms with Crippen molar-refractivity contribution in [2.75, 3.05) is 13.1 Å². The number of aliphatic hydroxyl groups is 1. The second kappa shape index (κ2) is 6.59. The standard InChI is InChI=1S/C13H21NO/c1-11-4-3-5-13(10-11)7-9-14-8-6-12(2)15/h3-5,10,12,14-15H,6-9H2,1-2H3. The fraction of sp³-hybridized carbons (Fsp3) is 0.538. The van der Waals surface area contributed by atoms with Gasteiger partial charge in [0.15, 0.2) is 0 Å². The van der Waals surface area contributed by atoms with E-state index >= 15 is 0 Å². The normalized spacial score (nSPS) is 12.7. The smallest absolute Gasteiger partial charge is 0.0524 e. The Balaban J connectivity index is 2.15. The summed E-state index contributed by atoms with van der Waals surface area (Å²) in [7, 11) is 0. The summed E-state index contributed by atoms with van der Waals surface area (Å²) in [5.74, 6) is 0. The minimum absolute atomic E-state index is 0.198. The summed E-state index contributed by atoms with van der Waals surface area (Å²) >= 11 is 0. The van der Waals surface area contributed by atoms with Gasteiger partial charge in [0.05, 0.1) is 6.10 Å². The number of benzene rings is 1. The average molecular weight is 207 g/mol. The Bertz CT molecular complexity index is 284. The maximum absolute atomic E-state index is 9.07. The minimum Gasteiger partial charge on any atom is -0.393 e. The molecule has 1 atom stereocenters. The summed E-state index contributed by atoms with van der Waals surface area (Å²) < 4.78 is 0. The third-order valence-electron chi connectivity index (χ3n) is 2.41. The molecular weight excluding hydrogens is 186 g/mol. The van der Waals surface area contributed by atoms with Crippen molar-refractivity contribution in [3.63, 3.8) is 0 Å². The van der Waals surface area contributed by atoms with E-state index in [4.69, 9.17) is 5.11 Å². The molecule has 2 heteroatoms. The van der Waals surface area contributed by atoms with Crippen LogP contribution < -0.4 is 5.32 Å². The van der Waals surface area contributed by atoms with Crippen molar-refractivity contribution in [3.8, 4) is 0 Å². The van der Waals surface area contributed by atoms with Crippen LogP contribution in [0.2, 0.25) is 0 Å². The van der Waals surface area contributed by atoms with Gasteiger partial charge in [-0.05, 0) is 45.3 Å². The highest BCUT2D eigenvalue weighted by Crippen LogP contribution is 2.03. The molecule has 84 valence electrons. The number of aliphatic hydroxyl groups excluding tert-OH is 1. The van der Waals surface area contributed by atoms with Crippen LogP contribution in [0.3, 0.4) is 0 Å². The lowest BCUT2D eigenvalue weighted by atomic mass is 10.1. The maximum atomic E-state index is 9.07. The van der Waals surface area contributed by atoms with Crippen LogP contribution in [0.4, 0.5) is 0 Å². The summed E-state index contributed by atoms with van der Waals surface area (Å²) in [6.45, 7) is 5.81. The van der Waals surface area contributed by atoms with Crippen molar-refractivity contribution in [1.82, 2.24) is 5.32 Å². The zero-order chi connectivity index (χ0) is 11.1. The van der Waals surface area contributed by atoms with Crippen molar-refractivity contribution < 1.29 is 5.11 Å². The van der Waals surface area contributed by atoms with Gasteiger partial charge < -0.3 is 10.4 Å². The minimum atomic E-state index is -0.198. The number of hydrogen-bond acceptors (Lipinski definition) is 2. The van der Waals surface area contributed by atoms with Gasteiger partial charge >= 0.3 is 0 Å². The fourth-order valence-electron chi connectivity index (χ4n) is 1.54. The van der Waals surface area contributed by atoms with E-state index in [0.717, 1.165) is 25.9 Å². The lowest BCUT2D eigenvalue weighted by molar-refractivity contribution is 0.184. The molecule has 2 nitrogen and oxygen atoms in total. The number of rotatable bonds is 6. The Hall–Kier alpha value is -0.860. The molecule has 0 saturated heterocycles. The van der Waals surface area contributed by atoms with Gasteiger partial charge in [-0.3, -0.25) is 0 Å². The Kier molecular flexibility index (Phi) is 5.37. The zero-order valence-corrected chi connectivity index (χ0v) is 9.66. The molecule has 1 aromatic rings. The van der Waals surface area contributed by atoms with Gasteiger partial charge in [-0.2, -0.15) is 0 Å². The Morgan fingerprint density at radius 2 is 2.13 bits per heavy atom. The Labute approximate surface area is 92.3 Å². The molecule has 0 aromatic heterocycles. The van der Waals surface area contributed by atoms with E-state index in [1.807, 2.05) is 6.92 Å². The third-order valence-corrected chi connectivity index (χ3v) is 2.41. The lowest BCUT2D eigenvalue weighted by Crippen LogP contribution is -2.21. The summed E-state index contributed by atoms with van der Waals surface area (Å²) in [6, 6.07) is 8.59. The van der Waals surface area contributed by atoms with E-state index in [-0.39, 0.29) is 6.10 Å². The molecule has 0 saturated carbocycles. The SMILES string of the molecule is Cc1cccc(CCNCCC(C)O)c1. The molecule has 0 aliphatic rings. The molecule has 15 heavy (non-hydrogen) atoms. The van der Waals surface area contributed by atoms with Crippen molar-refractivity contribution in [1.29, 1.82) is 0 Å². The predicted molar refractivity (Wildman–Crippen MR) is 64.1 cm³/mol. The maximum Gasteiger partial charge on any atom is 0.0524 e. The molecular formula is C13H21NO. The molecule has 0 radical (unpaired) electrons. The molecule has 0 bridgehead atoms. The number of nitrogens with one attached hydrogen (secondary N) is 1. The van der Waals surface area contributed by atoms with Gasteiger partial charge in [0.2, 0.25) is 0 Å². The largest absolute Gasteiger partial charge is 0.393 e. The topological polar surface area (TPSA) is 32.3 Å². The van der Waals surface area contributed by atoms with Crippen LogP contribution in [-0.4, -0.2) is 24.3 Å². The number of hydrogen-bond donors (Lipinski definition) is 2. The van der Waals surface area contributed by atoms with Crippen LogP contribution >= 0.6 is 0 Å². The fourth-order valence-corrected chi connectivity index (χ4v) is 1.54. The zero-order valence-electron chi connectivity index (χ0n) is 9.66. The quantitative estimate of drug-likeness (QED) is 0.698. The van der Waals surface area contributed by atoms with E-state index in [1.165, 1.54) is 11.1 Å². The lowest BCUT2D eigenvalue weighted by Gasteiger charge is -2.06. The van der Waals surface area contributed by atoms with Crippen LogP contribution in [0.15, 0.2) is 24.3 Å². The molecule has 1 unspecified atom stereocenters. The van der Waals surface area contributed by atoms with Crippen molar-refractivity contribution in [3.05, 3.63) is 35.4 Å². The second-order valence-corrected chi connectivity index (χ2v) is 4.13. The van der Waals surface area contributed by atoms with Crippen LogP contribution in [0, 0.1) is 6.92 Å². The second-order valence-electron chi connectivity index (χ2n) is 4.13. The predicted octanol–water partition coefficient (Wildman–Crippen LogP) is 1.90. The highest BCUT2D eigenvalue weighted by Gasteiger charge is 1.95. The van der Waals surface area contributed by atoms with Crippen LogP contribution in [0.1, 0.15) is 24.5 Å². The van der Waals surface area contributed by atoms with Crippen LogP contribution in [0.5, 0.6) is 0 Å². The monoisotopic (exact) mass is 207 g/mol. The summed E-state index contributed by atoms with van der Waals surface area (Å²) in [4.78, 5) is 0. The van der Waals surface area contributed by atoms with Gasteiger partial charge in [0.1, 0.15) is 0 Å². The molecule has 1 rings (SSSR count). The van der Waals surface area contributed by atoms with Gasteiger partial charge in [-0.25, -0.2) is 0 Å². The molecule has 0 fully saturated rings. The Morgan fingerprint density at radius 1 is 1.33 bits per heavy atom. The first-order valence-corrected chi connectivity index (χ1v) is 5.63. The van der Waals surface area contributed by atoms with Crippen LogP contribution in [-0.2, 0) is 6.42 Å². The van der Waals surface area contributed by atoms with E-state index < -0.39 is 0 Å². The molecule has 0 spiro atoms. The molecule has 2 N–H and O–H groups in total. The van der Waals surface area contributed by atoms with E-state index in [1.54, 1.807) is 0 Å². The first kappa shape index (κ1) is 12.2. The highest BCUT2D eigenvalue weighted by molar-refractivity contribution is 5.22. The van der Waals surface area contributed by atoms with Gasteiger partial charge in [0, 0.05) is 0 Å². The molecule has 0 amide bonds. The van der Waals surface area contributed by atoms with Crippen molar-refractivity contribution in [2.45, 2.75) is 32.8 Å². The third kappa shape index (κ3) is 5.55. The van der Waals surface area contributed by atoms with Crippen molar-refractivity contribution in [2.24, 2.45) is 0 Å². The first-order valence-electron chi connectivity index (χ1n) is 5.63. The van der Waals surface area contributed by atoms with Gasteiger partial charge in [0.25, 0.3) is 0 Å². The average Bonchev–Trinajstić information content (AvgIpc) is 2.17. The van der Waals surface area contributed by atoms with E-state index in [9.17, 15) is 0 Å².